The number of carbonyl (C=O) groups excluding carboxylic acids is 2. The van der Waals surface area contributed by atoms with Gasteiger partial charge in [-0.05, 0) is 30.9 Å². The third-order valence-corrected chi connectivity index (χ3v) is 4.58. The van der Waals surface area contributed by atoms with E-state index in [1.165, 1.54) is 0 Å². The summed E-state index contributed by atoms with van der Waals surface area (Å²) in [5.74, 6) is 0.488. The molecule has 2 amide bonds. The number of piperidine rings is 2. The Hall–Kier alpha value is -2.11. The maximum Gasteiger partial charge on any atom is 0.274 e. The quantitative estimate of drug-likeness (QED) is 0.881. The lowest BCUT2D eigenvalue weighted by Gasteiger charge is -2.41. The average molecular weight is 302 g/mol. The minimum absolute atomic E-state index is 0.0142. The molecule has 22 heavy (non-hydrogen) atoms. The van der Waals surface area contributed by atoms with Crippen LogP contribution >= 0.6 is 0 Å². The molecule has 0 saturated carbocycles. The number of nitrogens with one attached hydrogen (secondary N) is 1. The molecule has 6 heteroatoms. The molecule has 6 nitrogen and oxygen atoms in total. The Balaban J connectivity index is 1.75. The highest BCUT2D eigenvalue weighted by Gasteiger charge is 2.36. The van der Waals surface area contributed by atoms with Crippen molar-refractivity contribution in [2.45, 2.75) is 25.3 Å². The lowest BCUT2D eigenvalue weighted by Crippen LogP contribution is -2.55. The number of nitrogens with zero attached hydrogens (tertiary/aromatic N) is 3. The average Bonchev–Trinajstić information content (AvgIpc) is 2.53. The molecule has 2 unspecified atom stereocenters. The van der Waals surface area contributed by atoms with Crippen LogP contribution in [-0.4, -0.2) is 54.9 Å². The zero-order valence-electron chi connectivity index (χ0n) is 13.1. The van der Waals surface area contributed by atoms with Gasteiger partial charge in [-0.1, -0.05) is 0 Å². The first kappa shape index (κ1) is 14.8. The Morgan fingerprint density at radius 2 is 2.23 bits per heavy atom. The van der Waals surface area contributed by atoms with Crippen molar-refractivity contribution < 1.29 is 9.59 Å². The van der Waals surface area contributed by atoms with Crippen LogP contribution in [0.25, 0.3) is 0 Å². The summed E-state index contributed by atoms with van der Waals surface area (Å²) in [6.45, 7) is 1.37. The van der Waals surface area contributed by atoms with Gasteiger partial charge in [0.15, 0.2) is 5.69 Å². The molecular weight excluding hydrogens is 280 g/mol. The van der Waals surface area contributed by atoms with Gasteiger partial charge in [0.05, 0.1) is 5.69 Å². The minimum Gasteiger partial charge on any atom is -0.376 e. The van der Waals surface area contributed by atoms with Crippen molar-refractivity contribution in [1.82, 2.24) is 15.2 Å². The van der Waals surface area contributed by atoms with Gasteiger partial charge in [-0.2, -0.15) is 0 Å². The van der Waals surface area contributed by atoms with Crippen LogP contribution in [0.2, 0.25) is 0 Å². The second-order valence-corrected chi connectivity index (χ2v) is 6.28. The van der Waals surface area contributed by atoms with E-state index in [0.717, 1.165) is 18.5 Å². The van der Waals surface area contributed by atoms with Gasteiger partial charge in [-0.15, -0.1) is 0 Å². The van der Waals surface area contributed by atoms with E-state index in [4.69, 9.17) is 0 Å². The van der Waals surface area contributed by atoms with Crippen LogP contribution in [0.3, 0.4) is 0 Å². The molecular formula is C16H22N4O2. The molecule has 0 radical (unpaired) electrons. The first-order valence-corrected chi connectivity index (χ1v) is 7.77. The number of fused-ring (bicyclic) bond motifs is 1. The van der Waals surface area contributed by atoms with E-state index in [-0.39, 0.29) is 17.9 Å². The summed E-state index contributed by atoms with van der Waals surface area (Å²) in [6.07, 6.45) is 3.92. The van der Waals surface area contributed by atoms with Crippen LogP contribution in [0.15, 0.2) is 18.3 Å². The number of pyridine rings is 1. The summed E-state index contributed by atoms with van der Waals surface area (Å²) in [6, 6.07) is 3.98. The van der Waals surface area contributed by atoms with Gasteiger partial charge in [0.2, 0.25) is 5.91 Å². The topological polar surface area (TPSA) is 65.5 Å². The lowest BCUT2D eigenvalue weighted by molar-refractivity contribution is -0.125. The second-order valence-electron chi connectivity index (χ2n) is 6.28. The number of carbonyl (C=O) groups is 2. The summed E-state index contributed by atoms with van der Waals surface area (Å²) in [5, 5.41) is 3.05. The number of hydrogen-bond donors (Lipinski definition) is 1. The zero-order chi connectivity index (χ0) is 15.7. The molecule has 2 aliphatic rings. The molecule has 1 aromatic heterocycles. The van der Waals surface area contributed by atoms with Crippen molar-refractivity contribution in [3.63, 3.8) is 0 Å². The maximum atomic E-state index is 12.8. The lowest BCUT2D eigenvalue weighted by atomic mass is 9.85. The Bertz CT molecular complexity index is 587. The highest BCUT2D eigenvalue weighted by Crippen LogP contribution is 2.27. The molecule has 3 rings (SSSR count). The molecule has 0 bridgehead atoms. The third kappa shape index (κ3) is 2.77. The predicted octanol–water partition coefficient (Wildman–Crippen LogP) is 0.888. The highest BCUT2D eigenvalue weighted by molar-refractivity contribution is 5.97. The molecule has 0 aromatic carbocycles. The SMILES string of the molecule is CN(C)c1cccnc1C(=O)N1CCC2NC(=O)CCC2C1. The summed E-state index contributed by atoms with van der Waals surface area (Å²) < 4.78 is 0. The fourth-order valence-corrected chi connectivity index (χ4v) is 3.37. The number of hydrogen-bond acceptors (Lipinski definition) is 4. The standard InChI is InChI=1S/C16H22N4O2/c1-19(2)13-4-3-8-17-15(13)16(22)20-9-7-12-11(10-20)5-6-14(21)18-12/h3-4,8,11-12H,5-7,9-10H2,1-2H3,(H,18,21). The fraction of sp³-hybridized carbons (Fsp3) is 0.562. The van der Waals surface area contributed by atoms with Gasteiger partial charge in [0, 0.05) is 45.8 Å². The molecule has 2 atom stereocenters. The molecule has 2 saturated heterocycles. The number of amides is 2. The number of rotatable bonds is 2. The van der Waals surface area contributed by atoms with Gasteiger partial charge < -0.3 is 15.1 Å². The predicted molar refractivity (Wildman–Crippen MR) is 83.7 cm³/mol. The van der Waals surface area contributed by atoms with E-state index in [1.807, 2.05) is 36.0 Å². The second kappa shape index (κ2) is 5.94. The van der Waals surface area contributed by atoms with Crippen LogP contribution in [0, 0.1) is 5.92 Å². The van der Waals surface area contributed by atoms with E-state index in [2.05, 4.69) is 10.3 Å². The van der Waals surface area contributed by atoms with Gasteiger partial charge in [0.1, 0.15) is 0 Å². The van der Waals surface area contributed by atoms with Crippen molar-refractivity contribution in [2.75, 3.05) is 32.1 Å². The third-order valence-electron chi connectivity index (χ3n) is 4.58. The Morgan fingerprint density at radius 1 is 1.41 bits per heavy atom. The smallest absolute Gasteiger partial charge is 0.274 e. The fourth-order valence-electron chi connectivity index (χ4n) is 3.37. The van der Waals surface area contributed by atoms with Crippen LogP contribution in [0.5, 0.6) is 0 Å². The highest BCUT2D eigenvalue weighted by atomic mass is 16.2. The van der Waals surface area contributed by atoms with Gasteiger partial charge in [0.25, 0.3) is 5.91 Å². The van der Waals surface area contributed by atoms with Crippen LogP contribution in [-0.2, 0) is 4.79 Å². The Kier molecular flexibility index (Phi) is 4.00. The minimum atomic E-state index is -0.0142. The Labute approximate surface area is 130 Å². The maximum absolute atomic E-state index is 12.8. The molecule has 3 heterocycles. The van der Waals surface area contributed by atoms with E-state index in [1.54, 1.807) is 6.20 Å². The van der Waals surface area contributed by atoms with Crippen molar-refractivity contribution in [1.29, 1.82) is 0 Å². The van der Waals surface area contributed by atoms with Crippen molar-refractivity contribution in [3.8, 4) is 0 Å². The van der Waals surface area contributed by atoms with E-state index in [0.29, 0.717) is 31.1 Å². The number of likely N-dealkylation sites (tertiary alicyclic amines) is 1. The summed E-state index contributed by atoms with van der Waals surface area (Å²) >= 11 is 0. The largest absolute Gasteiger partial charge is 0.376 e. The van der Waals surface area contributed by atoms with Crippen molar-refractivity contribution >= 4 is 17.5 Å². The van der Waals surface area contributed by atoms with Crippen LogP contribution < -0.4 is 10.2 Å². The molecule has 1 N–H and O–H groups in total. The first-order valence-electron chi connectivity index (χ1n) is 7.77. The van der Waals surface area contributed by atoms with Crippen molar-refractivity contribution in [2.24, 2.45) is 5.92 Å². The van der Waals surface area contributed by atoms with Gasteiger partial charge >= 0.3 is 0 Å². The number of anilines is 1. The van der Waals surface area contributed by atoms with Crippen molar-refractivity contribution in [3.05, 3.63) is 24.0 Å². The van der Waals surface area contributed by atoms with Crippen LogP contribution in [0.4, 0.5) is 5.69 Å². The summed E-state index contributed by atoms with van der Waals surface area (Å²) in [7, 11) is 3.83. The first-order chi connectivity index (χ1) is 10.6. The van der Waals surface area contributed by atoms with Crippen LogP contribution in [0.1, 0.15) is 29.8 Å². The van der Waals surface area contributed by atoms with E-state index >= 15 is 0 Å². The molecule has 0 spiro atoms. The van der Waals surface area contributed by atoms with E-state index in [9.17, 15) is 9.59 Å². The normalized spacial score (nSPS) is 24.5. The van der Waals surface area contributed by atoms with E-state index < -0.39 is 0 Å². The summed E-state index contributed by atoms with van der Waals surface area (Å²) in [4.78, 5) is 32.4. The zero-order valence-corrected chi connectivity index (χ0v) is 13.1. The van der Waals surface area contributed by atoms with Gasteiger partial charge in [-0.25, -0.2) is 4.98 Å². The molecule has 2 fully saturated rings. The molecule has 118 valence electrons. The molecule has 1 aromatic rings. The Morgan fingerprint density at radius 3 is 3.00 bits per heavy atom. The molecule has 2 aliphatic heterocycles. The number of aromatic nitrogens is 1. The molecule has 0 aliphatic carbocycles. The van der Waals surface area contributed by atoms with Gasteiger partial charge in [-0.3, -0.25) is 9.59 Å². The summed E-state index contributed by atoms with van der Waals surface area (Å²) in [5.41, 5.74) is 1.34. The monoisotopic (exact) mass is 302 g/mol.